The number of alkyl halides is 3. The smallest absolute Gasteiger partial charge is 0.390 e. The van der Waals surface area contributed by atoms with E-state index in [1.165, 1.54) is 35.8 Å². The fraction of sp³-hybridized carbons (Fsp3) is 0.417. The quantitative estimate of drug-likeness (QED) is 0.326. The van der Waals surface area contributed by atoms with Gasteiger partial charge in [0.15, 0.2) is 6.21 Å². The number of aromatic nitrogens is 2. The minimum Gasteiger partial charge on any atom is -0.398 e. The molecule has 36 heavy (non-hydrogen) atoms. The van der Waals surface area contributed by atoms with Crippen LogP contribution in [0.4, 0.5) is 36.1 Å². The Balaban J connectivity index is 1.62. The first-order valence-corrected chi connectivity index (χ1v) is 12.3. The SMILES string of the molecule is CN(CCC(F)(F)F)C(=O)[C@H]1CCc2c(sc3ncnc(Nc4cc(C=[NH2+])c(N)cc4N(C)C)c23)C1. The number of hydrogen-bond donors (Lipinski definition) is 3. The lowest BCUT2D eigenvalue weighted by Crippen LogP contribution is -2.37. The van der Waals surface area contributed by atoms with E-state index in [0.29, 0.717) is 36.3 Å². The van der Waals surface area contributed by atoms with Gasteiger partial charge in [0, 0.05) is 44.2 Å². The van der Waals surface area contributed by atoms with Gasteiger partial charge < -0.3 is 20.9 Å². The number of fused-ring (bicyclic) bond motifs is 3. The van der Waals surface area contributed by atoms with E-state index >= 15 is 0 Å². The van der Waals surface area contributed by atoms with Crippen LogP contribution in [0.25, 0.3) is 10.2 Å². The van der Waals surface area contributed by atoms with Gasteiger partial charge in [0.05, 0.1) is 28.7 Å². The highest BCUT2D eigenvalue weighted by Crippen LogP contribution is 2.42. The summed E-state index contributed by atoms with van der Waals surface area (Å²) >= 11 is 1.50. The van der Waals surface area contributed by atoms with Gasteiger partial charge in [0.1, 0.15) is 17.0 Å². The molecule has 5 N–H and O–H groups in total. The van der Waals surface area contributed by atoms with Crippen LogP contribution < -0.4 is 21.4 Å². The van der Waals surface area contributed by atoms with Crippen molar-refractivity contribution in [2.45, 2.75) is 31.9 Å². The first-order valence-electron chi connectivity index (χ1n) is 11.5. The molecule has 0 bridgehead atoms. The summed E-state index contributed by atoms with van der Waals surface area (Å²) in [7, 11) is 5.26. The number of nitrogen functional groups attached to an aromatic ring is 1. The second kappa shape index (κ2) is 9.92. The second-order valence-corrected chi connectivity index (χ2v) is 10.2. The Morgan fingerprint density at radius 1 is 1.31 bits per heavy atom. The highest BCUT2D eigenvalue weighted by molar-refractivity contribution is 7.19. The van der Waals surface area contributed by atoms with Gasteiger partial charge in [-0.2, -0.15) is 13.2 Å². The van der Waals surface area contributed by atoms with Gasteiger partial charge in [0.25, 0.3) is 0 Å². The molecule has 4 rings (SSSR count). The zero-order valence-corrected chi connectivity index (χ0v) is 21.1. The highest BCUT2D eigenvalue weighted by Gasteiger charge is 2.33. The topological polar surface area (TPSA) is 113 Å². The Morgan fingerprint density at radius 3 is 2.72 bits per heavy atom. The number of aryl methyl sites for hydroxylation is 1. The molecule has 0 aliphatic heterocycles. The van der Waals surface area contributed by atoms with Crippen LogP contribution in [0, 0.1) is 5.92 Å². The maximum atomic E-state index is 12.8. The fourth-order valence-corrected chi connectivity index (χ4v) is 5.76. The van der Waals surface area contributed by atoms with Gasteiger partial charge >= 0.3 is 6.18 Å². The molecule has 1 aliphatic carbocycles. The van der Waals surface area contributed by atoms with E-state index in [2.05, 4.69) is 15.3 Å². The first kappa shape index (κ1) is 25.7. The summed E-state index contributed by atoms with van der Waals surface area (Å²) in [5.41, 5.74) is 10.1. The van der Waals surface area contributed by atoms with E-state index in [-0.39, 0.29) is 18.4 Å². The lowest BCUT2D eigenvalue weighted by Gasteiger charge is -2.27. The van der Waals surface area contributed by atoms with Crippen molar-refractivity contribution < 1.29 is 23.4 Å². The zero-order chi connectivity index (χ0) is 26.2. The van der Waals surface area contributed by atoms with Crippen LogP contribution in [0.1, 0.15) is 28.8 Å². The number of carbonyl (C=O) groups is 1. The van der Waals surface area contributed by atoms with Gasteiger partial charge in [0.2, 0.25) is 5.91 Å². The molecule has 0 radical (unpaired) electrons. The van der Waals surface area contributed by atoms with Gasteiger partial charge in [-0.15, -0.1) is 11.3 Å². The van der Waals surface area contributed by atoms with Crippen LogP contribution in [0.15, 0.2) is 18.5 Å². The van der Waals surface area contributed by atoms with E-state index in [1.54, 1.807) is 0 Å². The molecule has 2 heterocycles. The molecule has 0 fully saturated rings. The Labute approximate surface area is 210 Å². The van der Waals surface area contributed by atoms with Crippen molar-refractivity contribution >= 4 is 56.6 Å². The van der Waals surface area contributed by atoms with Gasteiger partial charge in [-0.25, -0.2) is 9.97 Å². The predicted molar refractivity (Wildman–Crippen MR) is 137 cm³/mol. The lowest BCUT2D eigenvalue weighted by atomic mass is 9.87. The number of hydrogen-bond acceptors (Lipinski definition) is 7. The van der Waals surface area contributed by atoms with Crippen LogP contribution in [0.2, 0.25) is 0 Å². The number of nitrogens with zero attached hydrogens (tertiary/aromatic N) is 4. The summed E-state index contributed by atoms with van der Waals surface area (Å²) in [6, 6.07) is 3.71. The highest BCUT2D eigenvalue weighted by atomic mass is 32.1. The minimum absolute atomic E-state index is 0.255. The Hall–Kier alpha value is -3.41. The van der Waals surface area contributed by atoms with Crippen molar-refractivity contribution in [1.82, 2.24) is 14.9 Å². The van der Waals surface area contributed by atoms with Crippen molar-refractivity contribution in [3.8, 4) is 0 Å². The molecule has 1 atom stereocenters. The maximum absolute atomic E-state index is 12.8. The van der Waals surface area contributed by atoms with Crippen LogP contribution >= 0.6 is 11.3 Å². The number of benzene rings is 1. The van der Waals surface area contributed by atoms with E-state index < -0.39 is 12.6 Å². The molecule has 2 aromatic heterocycles. The van der Waals surface area contributed by atoms with Gasteiger partial charge in [-0.3, -0.25) is 10.2 Å². The monoisotopic (exact) mass is 520 g/mol. The third-order valence-electron chi connectivity index (χ3n) is 6.42. The molecule has 12 heteroatoms. The first-order chi connectivity index (χ1) is 17.0. The van der Waals surface area contributed by atoms with E-state index in [0.717, 1.165) is 32.0 Å². The third kappa shape index (κ3) is 5.23. The summed E-state index contributed by atoms with van der Waals surface area (Å²) in [5, 5.41) is 10.1. The van der Waals surface area contributed by atoms with Gasteiger partial charge in [-0.1, -0.05) is 0 Å². The lowest BCUT2D eigenvalue weighted by molar-refractivity contribution is -0.146. The van der Waals surface area contributed by atoms with E-state index in [1.807, 2.05) is 31.1 Å². The van der Waals surface area contributed by atoms with Crippen molar-refractivity contribution in [1.29, 1.82) is 0 Å². The largest absolute Gasteiger partial charge is 0.398 e. The summed E-state index contributed by atoms with van der Waals surface area (Å²) in [6.07, 6.45) is -0.716. The fourth-order valence-electron chi connectivity index (χ4n) is 4.50. The zero-order valence-electron chi connectivity index (χ0n) is 20.3. The summed E-state index contributed by atoms with van der Waals surface area (Å²) in [6.45, 7) is -0.338. The van der Waals surface area contributed by atoms with Crippen molar-refractivity contribution in [3.05, 3.63) is 34.5 Å². The molecular weight excluding hydrogens is 491 g/mol. The second-order valence-electron chi connectivity index (χ2n) is 9.16. The van der Waals surface area contributed by atoms with Crippen LogP contribution in [-0.4, -0.2) is 60.9 Å². The van der Waals surface area contributed by atoms with Crippen LogP contribution in [0.3, 0.4) is 0 Å². The third-order valence-corrected chi connectivity index (χ3v) is 7.58. The molecule has 0 spiro atoms. The Morgan fingerprint density at radius 2 is 2.06 bits per heavy atom. The van der Waals surface area contributed by atoms with Crippen molar-refractivity contribution in [3.63, 3.8) is 0 Å². The Bertz CT molecular complexity index is 1310. The number of thiophene rings is 1. The van der Waals surface area contributed by atoms with Crippen molar-refractivity contribution in [2.24, 2.45) is 5.92 Å². The Kier molecular flexibility index (Phi) is 7.07. The maximum Gasteiger partial charge on any atom is 0.390 e. The van der Waals surface area contributed by atoms with Crippen molar-refractivity contribution in [2.75, 3.05) is 43.6 Å². The van der Waals surface area contributed by atoms with E-state index in [9.17, 15) is 18.0 Å². The molecule has 1 amide bonds. The molecule has 192 valence electrons. The molecule has 0 saturated heterocycles. The molecular formula is C24H29F3N7OS+. The number of carbonyl (C=O) groups excluding carboxylic acids is 1. The number of amides is 1. The normalized spacial score (nSPS) is 15.4. The van der Waals surface area contributed by atoms with Crippen LogP contribution in [0.5, 0.6) is 0 Å². The average Bonchev–Trinajstić information content (AvgIpc) is 3.20. The molecule has 0 saturated carbocycles. The summed E-state index contributed by atoms with van der Waals surface area (Å²) < 4.78 is 37.8. The minimum atomic E-state index is -4.29. The molecule has 8 nitrogen and oxygen atoms in total. The number of halogens is 3. The summed E-state index contributed by atoms with van der Waals surface area (Å²) in [4.78, 5) is 26.7. The average molecular weight is 521 g/mol. The standard InChI is InChI=1S/C24H28F3N7OS/c1-33(2)18-10-16(29)14(11-28)8-17(18)32-21-20-15-5-4-13(9-19(15)36-22(20)31-12-30-21)23(35)34(3)7-6-24(25,26)27/h8,10-13,28H,4-7,9,29H2,1-3H3,(H,30,31,32)/p+1/t13-/m0/s1. The van der Waals surface area contributed by atoms with E-state index in [4.69, 9.17) is 11.1 Å². The number of nitrogens with two attached hydrogens (primary N) is 2. The number of nitrogens with one attached hydrogen (secondary N) is 1. The number of anilines is 4. The predicted octanol–water partition coefficient (Wildman–Crippen LogP) is 2.78. The van der Waals surface area contributed by atoms with Crippen LogP contribution in [-0.2, 0) is 17.6 Å². The molecule has 1 aromatic carbocycles. The van der Waals surface area contributed by atoms with Gasteiger partial charge in [-0.05, 0) is 37.0 Å². The molecule has 0 unspecified atom stereocenters. The summed E-state index contributed by atoms with van der Waals surface area (Å²) in [5.74, 6) is 0.0310. The molecule has 3 aromatic rings. The number of rotatable bonds is 7. The molecule has 1 aliphatic rings.